The number of hydrogen-bond acceptors (Lipinski definition) is 4. The number of para-hydroxylation sites is 1. The SMILES string of the molecule is C[C@H]1C(=O)N(Cc2cccc(F)c2)Cc2nnc(COc3ccccc3Cl)n21. The number of hydrogen-bond donors (Lipinski definition) is 0. The van der Waals surface area contributed by atoms with Crippen LogP contribution in [0.5, 0.6) is 5.75 Å². The molecule has 0 N–H and O–H groups in total. The van der Waals surface area contributed by atoms with Gasteiger partial charge in [-0.3, -0.25) is 9.36 Å². The number of ether oxygens (including phenoxy) is 1. The van der Waals surface area contributed by atoms with Gasteiger partial charge in [-0.1, -0.05) is 35.9 Å². The second-order valence-corrected chi connectivity index (χ2v) is 7.03. The molecule has 0 fully saturated rings. The van der Waals surface area contributed by atoms with Crippen molar-refractivity contribution in [3.05, 3.63) is 76.6 Å². The predicted octanol–water partition coefficient (Wildman–Crippen LogP) is 3.75. The first-order valence-corrected chi connectivity index (χ1v) is 9.24. The van der Waals surface area contributed by atoms with Gasteiger partial charge in [-0.05, 0) is 36.8 Å². The zero-order chi connectivity index (χ0) is 19.7. The highest BCUT2D eigenvalue weighted by Gasteiger charge is 2.33. The summed E-state index contributed by atoms with van der Waals surface area (Å²) in [6.07, 6.45) is 0. The van der Waals surface area contributed by atoms with Gasteiger partial charge in [-0.2, -0.15) is 0 Å². The minimum atomic E-state index is -0.475. The summed E-state index contributed by atoms with van der Waals surface area (Å²) in [4.78, 5) is 14.5. The average molecular weight is 401 g/mol. The second kappa shape index (κ2) is 7.59. The molecule has 2 heterocycles. The molecule has 0 spiro atoms. The summed E-state index contributed by atoms with van der Waals surface area (Å²) in [6.45, 7) is 2.57. The third-order valence-corrected chi connectivity index (χ3v) is 4.99. The van der Waals surface area contributed by atoms with E-state index in [2.05, 4.69) is 10.2 Å². The number of fused-ring (bicyclic) bond motifs is 1. The lowest BCUT2D eigenvalue weighted by molar-refractivity contribution is -0.137. The van der Waals surface area contributed by atoms with Crippen LogP contribution in [0, 0.1) is 5.82 Å². The summed E-state index contributed by atoms with van der Waals surface area (Å²) in [5, 5.41) is 8.91. The van der Waals surface area contributed by atoms with E-state index in [1.807, 2.05) is 12.1 Å². The van der Waals surface area contributed by atoms with E-state index >= 15 is 0 Å². The van der Waals surface area contributed by atoms with Gasteiger partial charge in [0, 0.05) is 6.54 Å². The molecule has 0 aliphatic carbocycles. The van der Waals surface area contributed by atoms with Crippen LogP contribution in [0.2, 0.25) is 5.02 Å². The van der Waals surface area contributed by atoms with Crippen molar-refractivity contribution in [1.82, 2.24) is 19.7 Å². The molecule has 1 aliphatic heterocycles. The maximum Gasteiger partial charge on any atom is 0.246 e. The Morgan fingerprint density at radius 1 is 1.21 bits per heavy atom. The Morgan fingerprint density at radius 2 is 2.04 bits per heavy atom. The van der Waals surface area contributed by atoms with Gasteiger partial charge in [0.05, 0.1) is 11.6 Å². The lowest BCUT2D eigenvalue weighted by atomic mass is 10.1. The van der Waals surface area contributed by atoms with Gasteiger partial charge >= 0.3 is 0 Å². The van der Waals surface area contributed by atoms with Gasteiger partial charge in [0.15, 0.2) is 11.6 Å². The van der Waals surface area contributed by atoms with Crippen LogP contribution >= 0.6 is 11.6 Å². The summed E-state index contributed by atoms with van der Waals surface area (Å²) in [6, 6.07) is 12.9. The van der Waals surface area contributed by atoms with E-state index in [1.165, 1.54) is 12.1 Å². The molecule has 8 heteroatoms. The fourth-order valence-electron chi connectivity index (χ4n) is 3.33. The Morgan fingerprint density at radius 3 is 2.82 bits per heavy atom. The molecule has 1 amide bonds. The number of rotatable bonds is 5. The predicted molar refractivity (Wildman–Crippen MR) is 101 cm³/mol. The molecule has 0 bridgehead atoms. The number of aromatic nitrogens is 3. The third kappa shape index (κ3) is 3.57. The zero-order valence-electron chi connectivity index (χ0n) is 15.2. The first-order chi connectivity index (χ1) is 13.5. The van der Waals surface area contributed by atoms with E-state index in [4.69, 9.17) is 16.3 Å². The van der Waals surface area contributed by atoms with E-state index in [9.17, 15) is 9.18 Å². The largest absolute Gasteiger partial charge is 0.484 e. The Labute approximate surface area is 166 Å². The number of carbonyl (C=O) groups is 1. The van der Waals surface area contributed by atoms with E-state index in [-0.39, 0.29) is 18.3 Å². The molecule has 0 saturated carbocycles. The molecule has 1 aromatic heterocycles. The Kier molecular flexibility index (Phi) is 5.00. The van der Waals surface area contributed by atoms with E-state index in [0.29, 0.717) is 35.5 Å². The number of amides is 1. The fraction of sp³-hybridized carbons (Fsp3) is 0.250. The summed E-state index contributed by atoms with van der Waals surface area (Å²) in [5.74, 6) is 1.37. The maximum atomic E-state index is 13.4. The molecular formula is C20H18ClFN4O2. The van der Waals surface area contributed by atoms with Crippen molar-refractivity contribution in [3.63, 3.8) is 0 Å². The molecule has 28 heavy (non-hydrogen) atoms. The van der Waals surface area contributed by atoms with Crippen LogP contribution in [-0.2, 0) is 24.5 Å². The number of nitrogens with zero attached hydrogens (tertiary/aromatic N) is 4. The fourth-order valence-corrected chi connectivity index (χ4v) is 3.52. The van der Waals surface area contributed by atoms with Crippen molar-refractivity contribution < 1.29 is 13.9 Å². The first kappa shape index (κ1) is 18.4. The third-order valence-electron chi connectivity index (χ3n) is 4.68. The van der Waals surface area contributed by atoms with Crippen molar-refractivity contribution in [1.29, 1.82) is 0 Å². The van der Waals surface area contributed by atoms with Gasteiger partial charge in [0.2, 0.25) is 5.91 Å². The highest BCUT2D eigenvalue weighted by Crippen LogP contribution is 2.27. The molecule has 3 aromatic rings. The molecule has 144 valence electrons. The van der Waals surface area contributed by atoms with Gasteiger partial charge in [-0.15, -0.1) is 10.2 Å². The summed E-state index contributed by atoms with van der Waals surface area (Å²) in [5.41, 5.74) is 0.732. The van der Waals surface area contributed by atoms with Crippen molar-refractivity contribution >= 4 is 17.5 Å². The summed E-state index contributed by atoms with van der Waals surface area (Å²) < 4.78 is 21.0. The van der Waals surface area contributed by atoms with Crippen LogP contribution in [0.1, 0.15) is 30.2 Å². The first-order valence-electron chi connectivity index (χ1n) is 8.86. The van der Waals surface area contributed by atoms with E-state index in [1.54, 1.807) is 40.7 Å². The highest BCUT2D eigenvalue weighted by atomic mass is 35.5. The second-order valence-electron chi connectivity index (χ2n) is 6.62. The number of halogens is 2. The van der Waals surface area contributed by atoms with Crippen LogP contribution in [0.4, 0.5) is 4.39 Å². The number of carbonyl (C=O) groups excluding carboxylic acids is 1. The van der Waals surface area contributed by atoms with Crippen molar-refractivity contribution in [2.75, 3.05) is 0 Å². The van der Waals surface area contributed by atoms with Crippen LogP contribution in [0.25, 0.3) is 0 Å². The van der Waals surface area contributed by atoms with Crippen LogP contribution in [0.3, 0.4) is 0 Å². The zero-order valence-corrected chi connectivity index (χ0v) is 15.9. The van der Waals surface area contributed by atoms with Gasteiger partial charge in [0.1, 0.15) is 24.2 Å². The maximum absolute atomic E-state index is 13.4. The normalized spacial score (nSPS) is 16.2. The molecular weight excluding hydrogens is 383 g/mol. The van der Waals surface area contributed by atoms with Crippen LogP contribution in [-0.4, -0.2) is 25.6 Å². The molecule has 2 aromatic carbocycles. The van der Waals surface area contributed by atoms with E-state index < -0.39 is 6.04 Å². The smallest absolute Gasteiger partial charge is 0.246 e. The quantitative estimate of drug-likeness (QED) is 0.654. The van der Waals surface area contributed by atoms with Gasteiger partial charge < -0.3 is 9.64 Å². The van der Waals surface area contributed by atoms with Crippen LogP contribution in [0.15, 0.2) is 48.5 Å². The summed E-state index contributed by atoms with van der Waals surface area (Å²) in [7, 11) is 0. The minimum absolute atomic E-state index is 0.0736. The molecule has 4 rings (SSSR count). The molecule has 1 atom stereocenters. The highest BCUT2D eigenvalue weighted by molar-refractivity contribution is 6.32. The van der Waals surface area contributed by atoms with Crippen molar-refractivity contribution in [2.24, 2.45) is 0 Å². The lowest BCUT2D eigenvalue weighted by Crippen LogP contribution is -2.41. The van der Waals surface area contributed by atoms with E-state index in [0.717, 1.165) is 5.56 Å². The van der Waals surface area contributed by atoms with Crippen molar-refractivity contribution in [3.8, 4) is 5.75 Å². The van der Waals surface area contributed by atoms with Crippen molar-refractivity contribution in [2.45, 2.75) is 32.7 Å². The summed E-state index contributed by atoms with van der Waals surface area (Å²) >= 11 is 6.11. The Hall–Kier alpha value is -2.93. The molecule has 1 aliphatic rings. The van der Waals surface area contributed by atoms with Crippen LogP contribution < -0.4 is 4.74 Å². The van der Waals surface area contributed by atoms with Gasteiger partial charge in [-0.25, -0.2) is 4.39 Å². The number of benzene rings is 2. The molecule has 6 nitrogen and oxygen atoms in total. The minimum Gasteiger partial charge on any atom is -0.484 e. The standard InChI is InChI=1S/C20H18ClFN4O2/c1-13-20(27)25(10-14-5-4-6-15(22)9-14)11-18-23-24-19(26(13)18)12-28-17-8-3-2-7-16(17)21/h2-9,13H,10-12H2,1H3/t13-/m0/s1. The topological polar surface area (TPSA) is 60.3 Å². The Balaban J connectivity index is 1.52. The monoisotopic (exact) mass is 400 g/mol. The Bertz CT molecular complexity index is 1020. The molecule has 0 unspecified atom stereocenters. The van der Waals surface area contributed by atoms with Gasteiger partial charge in [0.25, 0.3) is 0 Å². The lowest BCUT2D eigenvalue weighted by Gasteiger charge is -2.32. The molecule has 0 radical (unpaired) electrons. The molecule has 0 saturated heterocycles. The average Bonchev–Trinajstić information content (AvgIpc) is 3.08.